The molecule has 0 saturated carbocycles. The highest BCUT2D eigenvalue weighted by atomic mass is 16.3. The fourth-order valence-corrected chi connectivity index (χ4v) is 1.21. The Kier molecular flexibility index (Phi) is 4.80. The minimum Gasteiger partial charge on any atom is -0.396 e. The molecule has 0 radical (unpaired) electrons. The number of carbonyl (C=O) groups excluding carboxylic acids is 1. The second kappa shape index (κ2) is 6.16. The van der Waals surface area contributed by atoms with E-state index in [2.05, 4.69) is 5.32 Å². The Balaban J connectivity index is 2.52. The van der Waals surface area contributed by atoms with Crippen molar-refractivity contribution in [3.05, 3.63) is 29.8 Å². The number of carbonyl (C=O) groups is 1. The zero-order chi connectivity index (χ0) is 11.1. The van der Waals surface area contributed by atoms with Gasteiger partial charge in [-0.15, -0.1) is 0 Å². The second-order valence-electron chi connectivity index (χ2n) is 3.23. The Morgan fingerprint density at radius 2 is 2.13 bits per heavy atom. The van der Waals surface area contributed by atoms with Gasteiger partial charge in [-0.2, -0.15) is 0 Å². The molecule has 0 fully saturated rings. The standard InChI is InChI=1S/C11H15NO3/c13-6-2-5-11(15)12-10-4-1-3-9(7-10)8-14/h1,3-4,7,13-14H,2,5-6,8H2,(H,12,15). The summed E-state index contributed by atoms with van der Waals surface area (Å²) in [5.41, 5.74) is 1.43. The number of amides is 1. The Morgan fingerprint density at radius 1 is 1.33 bits per heavy atom. The monoisotopic (exact) mass is 209 g/mol. The van der Waals surface area contributed by atoms with Crippen LogP contribution in [0, 0.1) is 0 Å². The lowest BCUT2D eigenvalue weighted by molar-refractivity contribution is -0.116. The minimum atomic E-state index is -0.126. The zero-order valence-electron chi connectivity index (χ0n) is 8.44. The smallest absolute Gasteiger partial charge is 0.224 e. The highest BCUT2D eigenvalue weighted by Crippen LogP contribution is 2.10. The summed E-state index contributed by atoms with van der Waals surface area (Å²) in [6.45, 7) is -0.0234. The average molecular weight is 209 g/mol. The van der Waals surface area contributed by atoms with E-state index in [4.69, 9.17) is 10.2 Å². The molecule has 0 atom stereocenters. The van der Waals surface area contributed by atoms with Crippen LogP contribution in [0.5, 0.6) is 0 Å². The van der Waals surface area contributed by atoms with Gasteiger partial charge in [0.05, 0.1) is 6.61 Å². The van der Waals surface area contributed by atoms with Gasteiger partial charge in [0.2, 0.25) is 5.91 Å². The highest BCUT2D eigenvalue weighted by molar-refractivity contribution is 5.90. The Labute approximate surface area is 88.6 Å². The van der Waals surface area contributed by atoms with Gasteiger partial charge in [-0.3, -0.25) is 4.79 Å². The van der Waals surface area contributed by atoms with Gasteiger partial charge >= 0.3 is 0 Å². The fraction of sp³-hybridized carbons (Fsp3) is 0.364. The average Bonchev–Trinajstić information content (AvgIpc) is 2.26. The number of benzene rings is 1. The van der Waals surface area contributed by atoms with Crippen LogP contribution < -0.4 is 5.32 Å². The molecular weight excluding hydrogens is 194 g/mol. The van der Waals surface area contributed by atoms with Crippen molar-refractivity contribution in [1.29, 1.82) is 0 Å². The van der Waals surface area contributed by atoms with E-state index in [-0.39, 0.29) is 19.1 Å². The molecule has 1 rings (SSSR count). The molecule has 0 spiro atoms. The molecule has 0 aliphatic carbocycles. The number of hydrogen-bond donors (Lipinski definition) is 3. The summed E-state index contributed by atoms with van der Waals surface area (Å²) in [5.74, 6) is -0.126. The summed E-state index contributed by atoms with van der Waals surface area (Å²) in [4.78, 5) is 11.3. The van der Waals surface area contributed by atoms with Gasteiger partial charge < -0.3 is 15.5 Å². The molecule has 1 aromatic rings. The Hall–Kier alpha value is -1.39. The van der Waals surface area contributed by atoms with Crippen LogP contribution in [-0.4, -0.2) is 22.7 Å². The van der Waals surface area contributed by atoms with Crippen LogP contribution in [0.15, 0.2) is 24.3 Å². The largest absolute Gasteiger partial charge is 0.396 e. The van der Waals surface area contributed by atoms with Crippen molar-refractivity contribution in [2.45, 2.75) is 19.4 Å². The van der Waals surface area contributed by atoms with E-state index in [0.29, 0.717) is 18.5 Å². The molecule has 82 valence electrons. The normalized spacial score (nSPS) is 10.0. The molecule has 0 heterocycles. The summed E-state index contributed by atoms with van der Waals surface area (Å²) < 4.78 is 0. The molecule has 1 aromatic carbocycles. The van der Waals surface area contributed by atoms with E-state index in [1.807, 2.05) is 0 Å². The molecule has 0 bridgehead atoms. The quantitative estimate of drug-likeness (QED) is 0.674. The molecule has 0 unspecified atom stereocenters. The first-order chi connectivity index (χ1) is 7.26. The van der Waals surface area contributed by atoms with Crippen LogP contribution in [0.2, 0.25) is 0 Å². The summed E-state index contributed by atoms with van der Waals surface area (Å²) in [5, 5.41) is 20.1. The van der Waals surface area contributed by atoms with E-state index in [0.717, 1.165) is 5.56 Å². The van der Waals surface area contributed by atoms with E-state index in [1.54, 1.807) is 24.3 Å². The Bertz CT molecular complexity index is 325. The zero-order valence-corrected chi connectivity index (χ0v) is 8.44. The molecule has 4 heteroatoms. The molecule has 0 aliphatic rings. The summed E-state index contributed by atoms with van der Waals surface area (Å²) in [6.07, 6.45) is 0.769. The molecule has 3 N–H and O–H groups in total. The van der Waals surface area contributed by atoms with E-state index < -0.39 is 0 Å². The first-order valence-corrected chi connectivity index (χ1v) is 4.87. The third kappa shape index (κ3) is 4.10. The van der Waals surface area contributed by atoms with E-state index >= 15 is 0 Å². The van der Waals surface area contributed by atoms with Gasteiger partial charge in [-0.25, -0.2) is 0 Å². The van der Waals surface area contributed by atoms with Crippen molar-refractivity contribution in [1.82, 2.24) is 0 Å². The second-order valence-corrected chi connectivity index (χ2v) is 3.23. The predicted molar refractivity (Wildman–Crippen MR) is 57.3 cm³/mol. The van der Waals surface area contributed by atoms with Gasteiger partial charge in [0.1, 0.15) is 0 Å². The number of aliphatic hydroxyl groups excluding tert-OH is 2. The van der Waals surface area contributed by atoms with Crippen molar-refractivity contribution in [2.24, 2.45) is 0 Å². The van der Waals surface area contributed by atoms with Crippen molar-refractivity contribution in [3.8, 4) is 0 Å². The number of anilines is 1. The molecular formula is C11H15NO3. The van der Waals surface area contributed by atoms with Gasteiger partial charge in [-0.1, -0.05) is 12.1 Å². The third-order valence-electron chi connectivity index (χ3n) is 1.96. The molecule has 0 saturated heterocycles. The van der Waals surface area contributed by atoms with Crippen LogP contribution in [-0.2, 0) is 11.4 Å². The van der Waals surface area contributed by atoms with Crippen LogP contribution in [0.1, 0.15) is 18.4 Å². The summed E-state index contributed by atoms with van der Waals surface area (Å²) in [7, 11) is 0. The number of hydrogen-bond acceptors (Lipinski definition) is 3. The predicted octanol–water partition coefficient (Wildman–Crippen LogP) is 0.890. The van der Waals surface area contributed by atoms with E-state index in [1.165, 1.54) is 0 Å². The minimum absolute atomic E-state index is 0.0180. The van der Waals surface area contributed by atoms with Crippen LogP contribution in [0.25, 0.3) is 0 Å². The third-order valence-corrected chi connectivity index (χ3v) is 1.96. The fourth-order valence-electron chi connectivity index (χ4n) is 1.21. The Morgan fingerprint density at radius 3 is 2.80 bits per heavy atom. The van der Waals surface area contributed by atoms with Gasteiger partial charge in [0.25, 0.3) is 0 Å². The summed E-state index contributed by atoms with van der Waals surface area (Å²) in [6, 6.07) is 7.03. The van der Waals surface area contributed by atoms with Crippen molar-refractivity contribution in [2.75, 3.05) is 11.9 Å². The summed E-state index contributed by atoms with van der Waals surface area (Å²) >= 11 is 0. The first-order valence-electron chi connectivity index (χ1n) is 4.87. The van der Waals surface area contributed by atoms with Crippen LogP contribution >= 0.6 is 0 Å². The highest BCUT2D eigenvalue weighted by Gasteiger charge is 2.01. The van der Waals surface area contributed by atoms with Gasteiger partial charge in [0.15, 0.2) is 0 Å². The van der Waals surface area contributed by atoms with Crippen molar-refractivity contribution >= 4 is 11.6 Å². The van der Waals surface area contributed by atoms with Crippen LogP contribution in [0.3, 0.4) is 0 Å². The number of nitrogens with one attached hydrogen (secondary N) is 1. The maximum absolute atomic E-state index is 11.3. The van der Waals surface area contributed by atoms with Crippen molar-refractivity contribution < 1.29 is 15.0 Å². The lowest BCUT2D eigenvalue weighted by Gasteiger charge is -2.05. The molecule has 4 nitrogen and oxygen atoms in total. The van der Waals surface area contributed by atoms with Gasteiger partial charge in [-0.05, 0) is 24.1 Å². The van der Waals surface area contributed by atoms with E-state index in [9.17, 15) is 4.79 Å². The molecule has 0 aliphatic heterocycles. The molecule has 15 heavy (non-hydrogen) atoms. The lowest BCUT2D eigenvalue weighted by Crippen LogP contribution is -2.11. The maximum atomic E-state index is 11.3. The maximum Gasteiger partial charge on any atom is 0.224 e. The van der Waals surface area contributed by atoms with Crippen LogP contribution in [0.4, 0.5) is 5.69 Å². The SMILES string of the molecule is O=C(CCCO)Nc1cccc(CO)c1. The van der Waals surface area contributed by atoms with Gasteiger partial charge in [0, 0.05) is 18.7 Å². The lowest BCUT2D eigenvalue weighted by atomic mass is 10.2. The first kappa shape index (κ1) is 11.7. The number of rotatable bonds is 5. The molecule has 1 amide bonds. The topological polar surface area (TPSA) is 69.6 Å². The van der Waals surface area contributed by atoms with Crippen molar-refractivity contribution in [3.63, 3.8) is 0 Å². The number of aliphatic hydroxyl groups is 2. The molecule has 0 aromatic heterocycles.